The third kappa shape index (κ3) is 3.05. The highest BCUT2D eigenvalue weighted by atomic mass is 35.5. The molecule has 2 aromatic rings. The molecular weight excluding hydrogens is 284 g/mol. The first kappa shape index (κ1) is 14.7. The molecule has 0 spiro atoms. The van der Waals surface area contributed by atoms with Crippen molar-refractivity contribution < 1.29 is 14.6 Å². The third-order valence-electron chi connectivity index (χ3n) is 2.70. The average molecular weight is 299 g/mol. The summed E-state index contributed by atoms with van der Waals surface area (Å²) >= 11 is 6.14. The lowest BCUT2D eigenvalue weighted by molar-refractivity contribution is -0.142. The minimum absolute atomic E-state index is 0.00240. The molecule has 0 radical (unpaired) electrons. The van der Waals surface area contributed by atoms with Crippen molar-refractivity contribution in [3.8, 4) is 0 Å². The number of fused-ring (bicyclic) bond motifs is 1. The summed E-state index contributed by atoms with van der Waals surface area (Å²) in [7, 11) is 1.79. The lowest BCUT2D eigenvalue weighted by Crippen LogP contribution is -2.08. The number of carbonyl (C=O) groups is 1. The number of aryl methyl sites for hydroxylation is 2. The molecule has 2 heterocycles. The molecule has 0 amide bonds. The minimum atomic E-state index is -1.04. The molecule has 2 aromatic heterocycles. The molecule has 1 N–H and O–H groups in total. The molecule has 0 bridgehead atoms. The monoisotopic (exact) mass is 298 g/mol. The van der Waals surface area contributed by atoms with Crippen LogP contribution in [0.25, 0.3) is 11.0 Å². The zero-order chi connectivity index (χ0) is 14.7. The van der Waals surface area contributed by atoms with Crippen LogP contribution in [0.2, 0.25) is 5.15 Å². The second kappa shape index (κ2) is 6.15. The molecule has 0 aromatic carbocycles. The van der Waals surface area contributed by atoms with Gasteiger partial charge < -0.3 is 9.84 Å². The summed E-state index contributed by atoms with van der Waals surface area (Å²) in [6, 6.07) is 0. The first-order valence-electron chi connectivity index (χ1n) is 6.20. The third-order valence-corrected chi connectivity index (χ3v) is 2.96. The molecule has 20 heavy (non-hydrogen) atoms. The van der Waals surface area contributed by atoms with E-state index in [9.17, 15) is 4.79 Å². The zero-order valence-electron chi connectivity index (χ0n) is 11.3. The summed E-state index contributed by atoms with van der Waals surface area (Å²) in [5, 5.41) is 13.2. The van der Waals surface area contributed by atoms with Crippen molar-refractivity contribution in [1.29, 1.82) is 0 Å². The van der Waals surface area contributed by atoms with Crippen LogP contribution in [0.1, 0.15) is 24.9 Å². The van der Waals surface area contributed by atoms with Crippen molar-refractivity contribution in [1.82, 2.24) is 19.7 Å². The number of ether oxygens (including phenoxy) is 1. The number of rotatable bonds is 6. The molecule has 108 valence electrons. The molecule has 0 unspecified atom stereocenters. The summed E-state index contributed by atoms with van der Waals surface area (Å²) < 4.78 is 6.64. The van der Waals surface area contributed by atoms with Gasteiger partial charge in [0.25, 0.3) is 0 Å². The molecular formula is C12H15ClN4O3. The fourth-order valence-electron chi connectivity index (χ4n) is 1.94. The van der Waals surface area contributed by atoms with E-state index in [1.54, 1.807) is 11.7 Å². The Hall–Kier alpha value is -1.73. The fourth-order valence-corrected chi connectivity index (χ4v) is 2.25. The van der Waals surface area contributed by atoms with Crippen molar-refractivity contribution in [2.24, 2.45) is 7.05 Å². The molecule has 0 fully saturated rings. The highest BCUT2D eigenvalue weighted by Crippen LogP contribution is 2.23. The normalized spacial score (nSPS) is 11.2. The van der Waals surface area contributed by atoms with Gasteiger partial charge in [0.2, 0.25) is 0 Å². The van der Waals surface area contributed by atoms with Crippen molar-refractivity contribution in [2.75, 3.05) is 6.61 Å². The highest BCUT2D eigenvalue weighted by Gasteiger charge is 2.15. The van der Waals surface area contributed by atoms with Crippen molar-refractivity contribution in [3.63, 3.8) is 0 Å². The summed E-state index contributed by atoms with van der Waals surface area (Å²) in [6.07, 6.45) is 1.73. The summed E-state index contributed by atoms with van der Waals surface area (Å²) in [5.41, 5.74) is 2.23. The van der Waals surface area contributed by atoms with Crippen LogP contribution in [-0.2, 0) is 29.6 Å². The van der Waals surface area contributed by atoms with Crippen LogP contribution in [0.5, 0.6) is 0 Å². The summed E-state index contributed by atoms with van der Waals surface area (Å²) in [4.78, 5) is 18.9. The maximum atomic E-state index is 10.4. The Balaban J connectivity index is 2.34. The number of carboxylic acid groups (broad SMARTS) is 1. The minimum Gasteiger partial charge on any atom is -0.480 e. The fraction of sp³-hybridized carbons (Fsp3) is 0.500. The molecule has 7 nitrogen and oxygen atoms in total. The molecule has 0 saturated heterocycles. The van der Waals surface area contributed by atoms with E-state index in [2.05, 4.69) is 22.0 Å². The van der Waals surface area contributed by atoms with Gasteiger partial charge in [0, 0.05) is 7.05 Å². The van der Waals surface area contributed by atoms with E-state index in [1.165, 1.54) is 0 Å². The number of aromatic nitrogens is 4. The first-order valence-corrected chi connectivity index (χ1v) is 6.58. The van der Waals surface area contributed by atoms with Crippen molar-refractivity contribution in [2.45, 2.75) is 26.4 Å². The average Bonchev–Trinajstić information content (AvgIpc) is 2.66. The number of carboxylic acids is 1. The standard InChI is InChI=1S/C12H15ClN4O3/c1-3-4-7-10-11(17(2)16-7)12(13)15-8(14-10)5-20-6-9(18)19/h3-6H2,1-2H3,(H,18,19). The Morgan fingerprint density at radius 2 is 2.20 bits per heavy atom. The predicted octanol–water partition coefficient (Wildman–Crippen LogP) is 1.57. The number of aliphatic carboxylic acids is 1. The molecule has 2 rings (SSSR count). The van der Waals surface area contributed by atoms with E-state index in [-0.39, 0.29) is 6.61 Å². The van der Waals surface area contributed by atoms with Gasteiger partial charge in [0.05, 0.1) is 5.69 Å². The Kier molecular flexibility index (Phi) is 4.51. The Labute approximate surface area is 120 Å². The van der Waals surface area contributed by atoms with Gasteiger partial charge in [-0.1, -0.05) is 24.9 Å². The lowest BCUT2D eigenvalue weighted by Gasteiger charge is -2.03. The van der Waals surface area contributed by atoms with Crippen LogP contribution in [0, 0.1) is 0 Å². The van der Waals surface area contributed by atoms with Crippen LogP contribution in [0.3, 0.4) is 0 Å². The van der Waals surface area contributed by atoms with E-state index in [0.29, 0.717) is 22.0 Å². The molecule has 0 aliphatic heterocycles. The number of halogens is 1. The second-order valence-corrected chi connectivity index (χ2v) is 4.69. The molecule has 0 atom stereocenters. The van der Waals surface area contributed by atoms with E-state index in [0.717, 1.165) is 18.5 Å². The summed E-state index contributed by atoms with van der Waals surface area (Å²) in [5.74, 6) is -0.681. The van der Waals surface area contributed by atoms with Gasteiger partial charge in [-0.3, -0.25) is 4.68 Å². The highest BCUT2D eigenvalue weighted by molar-refractivity contribution is 6.33. The van der Waals surface area contributed by atoms with E-state index >= 15 is 0 Å². The number of hydrogen-bond donors (Lipinski definition) is 1. The molecule has 0 saturated carbocycles. The second-order valence-electron chi connectivity index (χ2n) is 4.33. The number of hydrogen-bond acceptors (Lipinski definition) is 5. The number of nitrogens with zero attached hydrogens (tertiary/aromatic N) is 4. The van der Waals surface area contributed by atoms with Crippen LogP contribution in [-0.4, -0.2) is 37.4 Å². The SMILES string of the molecule is CCCc1nn(C)c2c(Cl)nc(COCC(=O)O)nc12. The zero-order valence-corrected chi connectivity index (χ0v) is 12.0. The molecule has 8 heteroatoms. The van der Waals surface area contributed by atoms with Crippen molar-refractivity contribution in [3.05, 3.63) is 16.7 Å². The van der Waals surface area contributed by atoms with Gasteiger partial charge in [-0.25, -0.2) is 14.8 Å². The van der Waals surface area contributed by atoms with E-state index in [1.807, 2.05) is 0 Å². The van der Waals surface area contributed by atoms with E-state index < -0.39 is 12.6 Å². The van der Waals surface area contributed by atoms with Crippen LogP contribution in [0.15, 0.2) is 0 Å². The summed E-state index contributed by atoms with van der Waals surface area (Å²) in [6.45, 7) is 1.66. The van der Waals surface area contributed by atoms with Gasteiger partial charge in [-0.2, -0.15) is 5.10 Å². The Bertz CT molecular complexity index is 641. The van der Waals surface area contributed by atoms with Gasteiger partial charge >= 0.3 is 5.97 Å². The van der Waals surface area contributed by atoms with Gasteiger partial charge in [-0.05, 0) is 6.42 Å². The largest absolute Gasteiger partial charge is 0.480 e. The van der Waals surface area contributed by atoms with Crippen LogP contribution in [0.4, 0.5) is 0 Å². The van der Waals surface area contributed by atoms with Gasteiger partial charge in [0.1, 0.15) is 24.2 Å². The topological polar surface area (TPSA) is 90.1 Å². The quantitative estimate of drug-likeness (QED) is 0.814. The lowest BCUT2D eigenvalue weighted by atomic mass is 10.2. The predicted molar refractivity (Wildman–Crippen MR) is 72.6 cm³/mol. The smallest absolute Gasteiger partial charge is 0.329 e. The van der Waals surface area contributed by atoms with Gasteiger partial charge in [0.15, 0.2) is 11.0 Å². The Morgan fingerprint density at radius 1 is 1.45 bits per heavy atom. The molecule has 0 aliphatic carbocycles. The van der Waals surface area contributed by atoms with Crippen LogP contribution < -0.4 is 0 Å². The van der Waals surface area contributed by atoms with E-state index in [4.69, 9.17) is 21.4 Å². The Morgan fingerprint density at radius 3 is 2.85 bits per heavy atom. The van der Waals surface area contributed by atoms with Gasteiger partial charge in [-0.15, -0.1) is 0 Å². The first-order chi connectivity index (χ1) is 9.52. The van der Waals surface area contributed by atoms with Crippen LogP contribution >= 0.6 is 11.6 Å². The maximum absolute atomic E-state index is 10.4. The maximum Gasteiger partial charge on any atom is 0.329 e. The van der Waals surface area contributed by atoms with Crippen molar-refractivity contribution >= 4 is 28.6 Å². The molecule has 0 aliphatic rings.